The monoisotopic (exact) mass is 243 g/mol. The first-order valence-corrected chi connectivity index (χ1v) is 5.55. The van der Waals surface area contributed by atoms with Crippen LogP contribution in [0.25, 0.3) is 11.3 Å². The quantitative estimate of drug-likeness (QED) is 0.845. The molecule has 0 spiro atoms. The summed E-state index contributed by atoms with van der Waals surface area (Å²) in [5.74, 6) is -1.08. The lowest BCUT2D eigenvalue weighted by Crippen LogP contribution is -2.03. The maximum absolute atomic E-state index is 10.8. The molecule has 0 saturated carbocycles. The minimum absolute atomic E-state index is 0.0569. The van der Waals surface area contributed by atoms with Crippen molar-refractivity contribution in [2.45, 2.75) is 6.42 Å². The molecule has 5 heteroatoms. The number of carboxylic acids is 1. The predicted molar refractivity (Wildman–Crippen MR) is 67.2 cm³/mol. The average Bonchev–Trinajstić information content (AvgIpc) is 2.40. The van der Waals surface area contributed by atoms with Crippen LogP contribution in [-0.4, -0.2) is 27.6 Å². The molecular weight excluding hydrogens is 230 g/mol. The van der Waals surface area contributed by atoms with Crippen LogP contribution in [0.15, 0.2) is 36.7 Å². The van der Waals surface area contributed by atoms with E-state index in [9.17, 15) is 4.79 Å². The smallest absolute Gasteiger partial charge is 0.356 e. The molecule has 0 aliphatic carbocycles. The summed E-state index contributed by atoms with van der Waals surface area (Å²) in [5.41, 5.74) is 7.95. The van der Waals surface area contributed by atoms with Crippen molar-refractivity contribution in [3.05, 3.63) is 47.9 Å². The fraction of sp³-hybridized carbons (Fsp3) is 0.154. The molecule has 18 heavy (non-hydrogen) atoms. The van der Waals surface area contributed by atoms with Crippen LogP contribution in [0.3, 0.4) is 0 Å². The van der Waals surface area contributed by atoms with Crippen LogP contribution in [0.4, 0.5) is 0 Å². The van der Waals surface area contributed by atoms with E-state index in [0.29, 0.717) is 12.2 Å². The molecule has 1 aromatic heterocycles. The first-order valence-electron chi connectivity index (χ1n) is 5.55. The van der Waals surface area contributed by atoms with Gasteiger partial charge in [-0.2, -0.15) is 0 Å². The highest BCUT2D eigenvalue weighted by atomic mass is 16.4. The van der Waals surface area contributed by atoms with Crippen molar-refractivity contribution < 1.29 is 9.90 Å². The van der Waals surface area contributed by atoms with Gasteiger partial charge in [-0.15, -0.1) is 0 Å². The second kappa shape index (κ2) is 5.37. The molecule has 92 valence electrons. The SMILES string of the molecule is NCCc1ccc(-c2cncc(C(=O)O)n2)cc1. The van der Waals surface area contributed by atoms with Gasteiger partial charge in [0, 0.05) is 5.56 Å². The molecular formula is C13H13N3O2. The Kier molecular flexibility index (Phi) is 3.64. The number of hydrogen-bond donors (Lipinski definition) is 2. The van der Waals surface area contributed by atoms with Gasteiger partial charge in [-0.1, -0.05) is 24.3 Å². The van der Waals surface area contributed by atoms with E-state index in [-0.39, 0.29) is 5.69 Å². The van der Waals surface area contributed by atoms with E-state index < -0.39 is 5.97 Å². The predicted octanol–water partition coefficient (Wildman–Crippen LogP) is 1.34. The molecule has 0 bridgehead atoms. The molecule has 0 aliphatic heterocycles. The minimum Gasteiger partial charge on any atom is -0.476 e. The lowest BCUT2D eigenvalue weighted by Gasteiger charge is -2.03. The van der Waals surface area contributed by atoms with Crippen LogP contribution in [0.2, 0.25) is 0 Å². The third-order valence-electron chi connectivity index (χ3n) is 2.54. The summed E-state index contributed by atoms with van der Waals surface area (Å²) in [6.07, 6.45) is 3.60. The standard InChI is InChI=1S/C13H13N3O2/c14-6-5-9-1-3-10(4-2-9)11-7-15-8-12(16-11)13(17)18/h1-4,7-8H,5-6,14H2,(H,17,18). The van der Waals surface area contributed by atoms with Gasteiger partial charge in [0.15, 0.2) is 5.69 Å². The van der Waals surface area contributed by atoms with Crippen molar-refractivity contribution in [2.24, 2.45) is 5.73 Å². The van der Waals surface area contributed by atoms with Gasteiger partial charge in [-0.25, -0.2) is 9.78 Å². The Morgan fingerprint density at radius 1 is 1.22 bits per heavy atom. The second-order valence-corrected chi connectivity index (χ2v) is 3.83. The Bertz CT molecular complexity index is 552. The lowest BCUT2D eigenvalue weighted by atomic mass is 10.1. The average molecular weight is 243 g/mol. The second-order valence-electron chi connectivity index (χ2n) is 3.83. The van der Waals surface area contributed by atoms with Crippen molar-refractivity contribution >= 4 is 5.97 Å². The number of hydrogen-bond acceptors (Lipinski definition) is 4. The van der Waals surface area contributed by atoms with Gasteiger partial charge in [0.05, 0.1) is 18.1 Å². The van der Waals surface area contributed by atoms with E-state index in [4.69, 9.17) is 10.8 Å². The third-order valence-corrected chi connectivity index (χ3v) is 2.54. The minimum atomic E-state index is -1.08. The fourth-order valence-electron chi connectivity index (χ4n) is 1.62. The van der Waals surface area contributed by atoms with E-state index in [0.717, 1.165) is 17.5 Å². The van der Waals surface area contributed by atoms with Crippen LogP contribution in [-0.2, 0) is 6.42 Å². The zero-order chi connectivity index (χ0) is 13.0. The molecule has 0 fully saturated rings. The van der Waals surface area contributed by atoms with E-state index in [1.165, 1.54) is 6.20 Å². The number of carbonyl (C=O) groups is 1. The van der Waals surface area contributed by atoms with E-state index in [2.05, 4.69) is 9.97 Å². The van der Waals surface area contributed by atoms with Crippen LogP contribution in [0.5, 0.6) is 0 Å². The largest absolute Gasteiger partial charge is 0.476 e. The maximum Gasteiger partial charge on any atom is 0.356 e. The molecule has 0 atom stereocenters. The molecule has 1 aromatic carbocycles. The van der Waals surface area contributed by atoms with Gasteiger partial charge in [0.25, 0.3) is 0 Å². The number of nitrogens with two attached hydrogens (primary N) is 1. The number of rotatable bonds is 4. The maximum atomic E-state index is 10.8. The zero-order valence-electron chi connectivity index (χ0n) is 9.71. The van der Waals surface area contributed by atoms with Gasteiger partial charge in [0.1, 0.15) is 0 Å². The first-order chi connectivity index (χ1) is 8.70. The van der Waals surface area contributed by atoms with Crippen molar-refractivity contribution in [2.75, 3.05) is 6.54 Å². The summed E-state index contributed by atoms with van der Waals surface area (Å²) in [6, 6.07) is 7.69. The van der Waals surface area contributed by atoms with Crippen LogP contribution in [0.1, 0.15) is 16.1 Å². The number of aromatic carboxylic acids is 1. The Hall–Kier alpha value is -2.27. The lowest BCUT2D eigenvalue weighted by molar-refractivity contribution is 0.0690. The highest BCUT2D eigenvalue weighted by Gasteiger charge is 2.07. The molecule has 0 amide bonds. The summed E-state index contributed by atoms with van der Waals surface area (Å²) in [7, 11) is 0. The van der Waals surface area contributed by atoms with E-state index >= 15 is 0 Å². The summed E-state index contributed by atoms with van der Waals surface area (Å²) in [6.45, 7) is 0.605. The number of benzene rings is 1. The number of aromatic nitrogens is 2. The number of nitrogens with zero attached hydrogens (tertiary/aromatic N) is 2. The Morgan fingerprint density at radius 3 is 2.56 bits per heavy atom. The Morgan fingerprint density at radius 2 is 1.94 bits per heavy atom. The van der Waals surface area contributed by atoms with Crippen LogP contribution in [0, 0.1) is 0 Å². The van der Waals surface area contributed by atoms with Crippen LogP contribution >= 0.6 is 0 Å². The van der Waals surface area contributed by atoms with Gasteiger partial charge in [-0.05, 0) is 18.5 Å². The molecule has 2 rings (SSSR count). The van der Waals surface area contributed by atoms with Crippen LogP contribution < -0.4 is 5.73 Å². The summed E-state index contributed by atoms with van der Waals surface area (Å²) in [4.78, 5) is 18.7. The molecule has 5 nitrogen and oxygen atoms in total. The van der Waals surface area contributed by atoms with E-state index in [1.807, 2.05) is 24.3 Å². The molecule has 0 aliphatic rings. The molecule has 3 N–H and O–H groups in total. The van der Waals surface area contributed by atoms with Crippen molar-refractivity contribution in [3.63, 3.8) is 0 Å². The first kappa shape index (κ1) is 12.2. The van der Waals surface area contributed by atoms with Crippen molar-refractivity contribution in [3.8, 4) is 11.3 Å². The molecule has 0 unspecified atom stereocenters. The molecule has 2 aromatic rings. The normalized spacial score (nSPS) is 10.3. The Labute approximate surface area is 104 Å². The summed E-state index contributed by atoms with van der Waals surface area (Å²) in [5, 5.41) is 8.85. The van der Waals surface area contributed by atoms with Crippen molar-refractivity contribution in [1.29, 1.82) is 0 Å². The van der Waals surface area contributed by atoms with E-state index in [1.54, 1.807) is 6.20 Å². The summed E-state index contributed by atoms with van der Waals surface area (Å²) < 4.78 is 0. The third kappa shape index (κ3) is 2.70. The van der Waals surface area contributed by atoms with Gasteiger partial charge < -0.3 is 10.8 Å². The van der Waals surface area contributed by atoms with Gasteiger partial charge in [0.2, 0.25) is 0 Å². The Balaban J connectivity index is 2.30. The highest BCUT2D eigenvalue weighted by molar-refractivity contribution is 5.85. The molecule has 1 heterocycles. The number of carboxylic acid groups (broad SMARTS) is 1. The molecule has 0 radical (unpaired) electrons. The van der Waals surface area contributed by atoms with Crippen molar-refractivity contribution in [1.82, 2.24) is 9.97 Å². The highest BCUT2D eigenvalue weighted by Crippen LogP contribution is 2.17. The van der Waals surface area contributed by atoms with Gasteiger partial charge >= 0.3 is 5.97 Å². The topological polar surface area (TPSA) is 89.1 Å². The molecule has 0 saturated heterocycles. The fourth-order valence-corrected chi connectivity index (χ4v) is 1.62. The zero-order valence-corrected chi connectivity index (χ0v) is 9.71. The summed E-state index contributed by atoms with van der Waals surface area (Å²) >= 11 is 0. The van der Waals surface area contributed by atoms with Gasteiger partial charge in [-0.3, -0.25) is 4.98 Å².